The lowest BCUT2D eigenvalue weighted by atomic mass is 10.0. The maximum absolute atomic E-state index is 12.2. The summed E-state index contributed by atoms with van der Waals surface area (Å²) in [6.07, 6.45) is 1.36. The van der Waals surface area contributed by atoms with Crippen LogP contribution in [-0.4, -0.2) is 23.7 Å². The molecule has 1 unspecified atom stereocenters. The summed E-state index contributed by atoms with van der Waals surface area (Å²) in [5.41, 5.74) is 1.42. The van der Waals surface area contributed by atoms with E-state index < -0.39 is 0 Å². The summed E-state index contributed by atoms with van der Waals surface area (Å²) in [7, 11) is 0. The Hall–Kier alpha value is -1.79. The van der Waals surface area contributed by atoms with Gasteiger partial charge in [-0.25, -0.2) is 0 Å². The summed E-state index contributed by atoms with van der Waals surface area (Å²) >= 11 is 0. The minimum atomic E-state index is -0.0589. The summed E-state index contributed by atoms with van der Waals surface area (Å²) in [6.45, 7) is 6.33. The highest BCUT2D eigenvalue weighted by Gasteiger charge is 2.15. The van der Waals surface area contributed by atoms with E-state index in [9.17, 15) is 4.79 Å². The third-order valence-corrected chi connectivity index (χ3v) is 3.16. The second kappa shape index (κ2) is 8.39. The summed E-state index contributed by atoms with van der Waals surface area (Å²) in [5.74, 6) is 6.15. The predicted octanol–water partition coefficient (Wildman–Crippen LogP) is 2.58. The SMILES string of the molecule is CCC(NC(=O)c1cccc(C#CCCO)c1)C(C)C. The molecular formula is C17H23NO2. The van der Waals surface area contributed by atoms with Crippen molar-refractivity contribution in [2.24, 2.45) is 5.92 Å². The van der Waals surface area contributed by atoms with Gasteiger partial charge in [-0.05, 0) is 30.5 Å². The molecule has 0 aromatic heterocycles. The van der Waals surface area contributed by atoms with E-state index in [4.69, 9.17) is 5.11 Å². The van der Waals surface area contributed by atoms with Gasteiger partial charge in [0.2, 0.25) is 0 Å². The van der Waals surface area contributed by atoms with Gasteiger partial charge in [0.1, 0.15) is 0 Å². The highest BCUT2D eigenvalue weighted by Crippen LogP contribution is 2.09. The summed E-state index contributed by atoms with van der Waals surface area (Å²) in [5, 5.41) is 11.7. The van der Waals surface area contributed by atoms with E-state index in [2.05, 4.69) is 37.9 Å². The van der Waals surface area contributed by atoms with Crippen LogP contribution in [0.5, 0.6) is 0 Å². The van der Waals surface area contributed by atoms with Crippen molar-refractivity contribution >= 4 is 5.91 Å². The third kappa shape index (κ3) is 5.07. The molecule has 3 heteroatoms. The molecular weight excluding hydrogens is 250 g/mol. The van der Waals surface area contributed by atoms with Crippen LogP contribution >= 0.6 is 0 Å². The van der Waals surface area contributed by atoms with Gasteiger partial charge in [0, 0.05) is 23.6 Å². The van der Waals surface area contributed by atoms with Crippen LogP contribution < -0.4 is 5.32 Å². The van der Waals surface area contributed by atoms with Gasteiger partial charge in [0.15, 0.2) is 0 Å². The average Bonchev–Trinajstić information content (AvgIpc) is 2.44. The minimum Gasteiger partial charge on any atom is -0.395 e. The van der Waals surface area contributed by atoms with Crippen molar-refractivity contribution in [2.75, 3.05) is 6.61 Å². The second-order valence-electron chi connectivity index (χ2n) is 5.09. The molecule has 0 bridgehead atoms. The Morgan fingerprint density at radius 3 is 2.75 bits per heavy atom. The largest absolute Gasteiger partial charge is 0.395 e. The van der Waals surface area contributed by atoms with Crippen LogP contribution in [0.15, 0.2) is 24.3 Å². The van der Waals surface area contributed by atoms with Crippen LogP contribution in [0, 0.1) is 17.8 Å². The smallest absolute Gasteiger partial charge is 0.251 e. The van der Waals surface area contributed by atoms with Gasteiger partial charge in [0.05, 0.1) is 6.61 Å². The van der Waals surface area contributed by atoms with Gasteiger partial charge >= 0.3 is 0 Å². The number of hydrogen-bond donors (Lipinski definition) is 2. The monoisotopic (exact) mass is 273 g/mol. The predicted molar refractivity (Wildman–Crippen MR) is 81.4 cm³/mol. The van der Waals surface area contributed by atoms with E-state index in [1.54, 1.807) is 12.1 Å². The molecule has 2 N–H and O–H groups in total. The normalized spacial score (nSPS) is 11.7. The van der Waals surface area contributed by atoms with Gasteiger partial charge in [-0.15, -0.1) is 0 Å². The molecule has 1 aromatic carbocycles. The molecule has 1 amide bonds. The summed E-state index contributed by atoms with van der Waals surface area (Å²) < 4.78 is 0. The summed E-state index contributed by atoms with van der Waals surface area (Å²) in [4.78, 5) is 12.2. The first-order valence-corrected chi connectivity index (χ1v) is 7.09. The molecule has 0 aliphatic heterocycles. The quantitative estimate of drug-likeness (QED) is 0.810. The van der Waals surface area contributed by atoms with E-state index >= 15 is 0 Å². The molecule has 108 valence electrons. The highest BCUT2D eigenvalue weighted by atomic mass is 16.2. The van der Waals surface area contributed by atoms with Crippen LogP contribution in [0.3, 0.4) is 0 Å². The fourth-order valence-corrected chi connectivity index (χ4v) is 1.95. The first-order valence-electron chi connectivity index (χ1n) is 7.09. The topological polar surface area (TPSA) is 49.3 Å². The van der Waals surface area contributed by atoms with Crippen molar-refractivity contribution < 1.29 is 9.90 Å². The number of carbonyl (C=O) groups is 1. The molecule has 0 radical (unpaired) electrons. The molecule has 0 spiro atoms. The first-order chi connectivity index (χ1) is 9.58. The molecule has 0 heterocycles. The number of nitrogens with one attached hydrogen (secondary N) is 1. The van der Waals surface area contributed by atoms with Gasteiger partial charge in [-0.3, -0.25) is 4.79 Å². The van der Waals surface area contributed by atoms with Crippen molar-refractivity contribution in [1.82, 2.24) is 5.32 Å². The Bertz CT molecular complexity index is 497. The van der Waals surface area contributed by atoms with Crippen LogP contribution in [0.4, 0.5) is 0 Å². The molecule has 1 aromatic rings. The van der Waals surface area contributed by atoms with Crippen LogP contribution in [0.1, 0.15) is 49.5 Å². The number of carbonyl (C=O) groups excluding carboxylic acids is 1. The fourth-order valence-electron chi connectivity index (χ4n) is 1.95. The van der Waals surface area contributed by atoms with Crippen molar-refractivity contribution in [3.05, 3.63) is 35.4 Å². The van der Waals surface area contributed by atoms with Crippen molar-refractivity contribution in [3.8, 4) is 11.8 Å². The molecule has 0 saturated heterocycles. The number of benzene rings is 1. The van der Waals surface area contributed by atoms with Gasteiger partial charge in [-0.1, -0.05) is 38.7 Å². The molecule has 0 aliphatic rings. The lowest BCUT2D eigenvalue weighted by molar-refractivity contribution is 0.0924. The number of aliphatic hydroxyl groups is 1. The number of aliphatic hydroxyl groups excluding tert-OH is 1. The third-order valence-electron chi connectivity index (χ3n) is 3.16. The highest BCUT2D eigenvalue weighted by molar-refractivity contribution is 5.94. The average molecular weight is 273 g/mol. The van der Waals surface area contributed by atoms with Crippen molar-refractivity contribution in [1.29, 1.82) is 0 Å². The number of amides is 1. The van der Waals surface area contributed by atoms with E-state index in [1.807, 2.05) is 12.1 Å². The standard InChI is InChI=1S/C17H23NO2/c1-4-16(13(2)3)18-17(20)15-10-7-9-14(12-15)8-5-6-11-19/h7,9-10,12-13,16,19H,4,6,11H2,1-3H3,(H,18,20). The Morgan fingerprint density at radius 1 is 1.40 bits per heavy atom. The maximum atomic E-state index is 12.2. The van der Waals surface area contributed by atoms with Gasteiger partial charge in [0.25, 0.3) is 5.91 Å². The molecule has 3 nitrogen and oxygen atoms in total. The molecule has 0 aliphatic carbocycles. The van der Waals surface area contributed by atoms with Gasteiger partial charge in [-0.2, -0.15) is 0 Å². The molecule has 20 heavy (non-hydrogen) atoms. The fraction of sp³-hybridized carbons (Fsp3) is 0.471. The minimum absolute atomic E-state index is 0.0553. The van der Waals surface area contributed by atoms with E-state index in [-0.39, 0.29) is 18.6 Å². The molecule has 1 atom stereocenters. The van der Waals surface area contributed by atoms with E-state index in [0.29, 0.717) is 17.9 Å². The molecule has 1 rings (SSSR count). The van der Waals surface area contributed by atoms with Crippen molar-refractivity contribution in [3.63, 3.8) is 0 Å². The summed E-state index contributed by atoms with van der Waals surface area (Å²) in [6, 6.07) is 7.45. The van der Waals surface area contributed by atoms with Gasteiger partial charge < -0.3 is 10.4 Å². The Labute approximate surface area is 121 Å². The van der Waals surface area contributed by atoms with E-state index in [1.165, 1.54) is 0 Å². The maximum Gasteiger partial charge on any atom is 0.251 e. The molecule has 0 saturated carbocycles. The lowest BCUT2D eigenvalue weighted by Crippen LogP contribution is -2.38. The Kier molecular flexibility index (Phi) is 6.83. The zero-order valence-corrected chi connectivity index (χ0v) is 12.4. The van der Waals surface area contributed by atoms with Crippen LogP contribution in [0.2, 0.25) is 0 Å². The Morgan fingerprint density at radius 2 is 2.15 bits per heavy atom. The second-order valence-corrected chi connectivity index (χ2v) is 5.09. The van der Waals surface area contributed by atoms with Crippen molar-refractivity contribution in [2.45, 2.75) is 39.7 Å². The molecule has 0 fully saturated rings. The Balaban J connectivity index is 2.79. The number of rotatable bonds is 5. The first kappa shape index (κ1) is 16.3. The zero-order chi connectivity index (χ0) is 15.0. The number of hydrogen-bond acceptors (Lipinski definition) is 2. The lowest BCUT2D eigenvalue weighted by Gasteiger charge is -2.20. The van der Waals surface area contributed by atoms with Crippen LogP contribution in [-0.2, 0) is 0 Å². The zero-order valence-electron chi connectivity index (χ0n) is 12.4. The van der Waals surface area contributed by atoms with E-state index in [0.717, 1.165) is 12.0 Å². The van der Waals surface area contributed by atoms with Crippen LogP contribution in [0.25, 0.3) is 0 Å².